The van der Waals surface area contributed by atoms with Gasteiger partial charge in [-0.25, -0.2) is 43.7 Å². The number of hydrogen-bond acceptors (Lipinski definition) is 29. The molecule has 18 rings (SSSR count). The maximum atomic E-state index is 13.2. The molecule has 1 saturated carbocycles. The van der Waals surface area contributed by atoms with Crippen molar-refractivity contribution in [2.24, 2.45) is 43.9 Å². The third-order valence-electron chi connectivity index (χ3n) is 27.1. The van der Waals surface area contributed by atoms with Gasteiger partial charge in [0.2, 0.25) is 0 Å². The monoisotopic (exact) mass is 1920 g/mol. The number of fused-ring (bicyclic) bond motifs is 8. The molecule has 0 amide bonds. The third kappa shape index (κ3) is 23.0. The van der Waals surface area contributed by atoms with Gasteiger partial charge in [0.1, 0.15) is 22.9 Å². The highest BCUT2D eigenvalue weighted by Gasteiger charge is 2.35. The van der Waals surface area contributed by atoms with Crippen LogP contribution in [0.2, 0.25) is 0 Å². The zero-order valence-corrected chi connectivity index (χ0v) is 80.7. The Balaban J connectivity index is 0.000000142. The Hall–Kier alpha value is -14.2. The van der Waals surface area contributed by atoms with E-state index >= 15 is 0 Å². The molecule has 11 aliphatic heterocycles. The summed E-state index contributed by atoms with van der Waals surface area (Å²) < 4.78 is 27.1. The molecule has 0 spiro atoms. The number of carbonyl (C=O) groups is 5. The number of benzene rings is 5. The summed E-state index contributed by atoms with van der Waals surface area (Å²) >= 11 is 0. The number of likely N-dealkylation sites (tertiary alicyclic amines) is 4. The SMILES string of the molecule is C=c1nc2c(c(=O)[nH]1)=Nc1cc(C)c(C)cc1N2CCN1CCCC[C@@H]1C(=O)O.Cc1cc2nc3c(=O)n(C)c(=O)nc-3n(CCN3CCC(C(=O)O)CC3)c2cc1NC1CC1.Cc1cc2nc3c(=O)n(C)c(=O)nc-3n(CCN3CCC(C(=O)O)CC3)c2cc1NCCC(=O)OC(C)(C)C.Cc1cc2nc3c(=O)n(C)c(=O)nc-3n(CCN3CCC(C(=O)O)CC3)c2cc1NCCc1ccc(F)cc1. The molecule has 12 aliphatic rings. The molecular weight excluding hydrogens is 1800 g/mol. The number of piperidine rings is 4. The number of anilines is 5. The van der Waals surface area contributed by atoms with Crippen LogP contribution in [0.25, 0.3) is 74.2 Å². The predicted octanol–water partition coefficient (Wildman–Crippen LogP) is 6.75. The molecule has 1 aromatic heterocycles. The van der Waals surface area contributed by atoms with Crippen LogP contribution in [0.5, 0.6) is 0 Å². The van der Waals surface area contributed by atoms with Crippen LogP contribution in [-0.4, -0.2) is 246 Å². The van der Waals surface area contributed by atoms with E-state index in [1.54, 1.807) is 12.1 Å². The minimum absolute atomic E-state index is 0.110. The Morgan fingerprint density at radius 3 is 1.32 bits per heavy atom. The van der Waals surface area contributed by atoms with Crippen LogP contribution >= 0.6 is 0 Å². The van der Waals surface area contributed by atoms with E-state index in [2.05, 4.69) is 82.1 Å². The molecule has 0 unspecified atom stereocenters. The maximum absolute atomic E-state index is 13.2. The first-order valence-corrected chi connectivity index (χ1v) is 47.6. The first kappa shape index (κ1) is 100. The third-order valence-corrected chi connectivity index (χ3v) is 27.1. The second-order valence-electron chi connectivity index (χ2n) is 38.2. The number of H-pyrrole nitrogens is 1. The van der Waals surface area contributed by atoms with Crippen molar-refractivity contribution in [3.8, 4) is 34.6 Å². The molecule has 5 aromatic carbocycles. The van der Waals surface area contributed by atoms with Crippen molar-refractivity contribution in [3.05, 3.63) is 196 Å². The predicted molar refractivity (Wildman–Crippen MR) is 526 cm³/mol. The van der Waals surface area contributed by atoms with E-state index < -0.39 is 69.3 Å². The van der Waals surface area contributed by atoms with Gasteiger partial charge in [0, 0.05) is 110 Å². The first-order chi connectivity index (χ1) is 66.7. The Morgan fingerprint density at radius 2 is 0.900 bits per heavy atom. The van der Waals surface area contributed by atoms with Gasteiger partial charge in [0.25, 0.3) is 22.2 Å². The van der Waals surface area contributed by atoms with Gasteiger partial charge in [-0.1, -0.05) is 25.1 Å². The van der Waals surface area contributed by atoms with Gasteiger partial charge in [-0.15, -0.1) is 0 Å². The summed E-state index contributed by atoms with van der Waals surface area (Å²) in [5.74, 6) is -3.34. The molecule has 1 atom stereocenters. The highest BCUT2D eigenvalue weighted by Crippen LogP contribution is 2.39. The normalized spacial score (nSPS) is 16.3. The number of carbonyl (C=O) groups excluding carboxylic acids is 1. The Morgan fingerprint density at radius 1 is 0.479 bits per heavy atom. The van der Waals surface area contributed by atoms with Crippen molar-refractivity contribution in [3.63, 3.8) is 0 Å². The quantitative estimate of drug-likeness (QED) is 0.0205. The van der Waals surface area contributed by atoms with Gasteiger partial charge < -0.3 is 79.4 Å². The van der Waals surface area contributed by atoms with Gasteiger partial charge in [-0.2, -0.15) is 15.0 Å². The average Bonchev–Trinajstić information content (AvgIpc) is 0.914. The van der Waals surface area contributed by atoms with E-state index in [0.29, 0.717) is 190 Å². The highest BCUT2D eigenvalue weighted by atomic mass is 19.1. The molecule has 0 radical (unpaired) electrons. The van der Waals surface area contributed by atoms with Gasteiger partial charge in [0.15, 0.2) is 45.7 Å². The van der Waals surface area contributed by atoms with Gasteiger partial charge in [-0.05, 0) is 266 Å². The number of aryl methyl sites for hydroxylation is 5. The number of ether oxygens (including phenoxy) is 1. The summed E-state index contributed by atoms with van der Waals surface area (Å²) in [5.41, 5.74) is 11.0. The molecule has 40 nitrogen and oxygen atoms in total. The van der Waals surface area contributed by atoms with Gasteiger partial charge in [-0.3, -0.25) is 61.8 Å². The number of rotatable bonds is 26. The molecule has 6 aromatic rings. The van der Waals surface area contributed by atoms with Crippen LogP contribution in [0.3, 0.4) is 0 Å². The van der Waals surface area contributed by atoms with Crippen molar-refractivity contribution in [2.45, 2.75) is 176 Å². The lowest BCUT2D eigenvalue weighted by Gasteiger charge is -2.35. The van der Waals surface area contributed by atoms with Crippen molar-refractivity contribution in [1.82, 2.24) is 86.9 Å². The van der Waals surface area contributed by atoms with E-state index in [9.17, 15) is 82.4 Å². The van der Waals surface area contributed by atoms with Crippen molar-refractivity contribution in [2.75, 3.05) is 112 Å². The standard InChI is InChI=1S/C28H31FN6O4.C27H36N6O6.C23H28N6O4.C21H25N5O3/c1-17-15-22-23(16-21(17)30-10-7-18-3-5-20(29)6-4-18)35(14-13-34-11-8-19(9-12-34)27(37)38)25-24(31-22)26(36)33(2)28(39)32-25;1-16-14-19-20(15-18(16)28-9-6-21(34)39-27(2,3)4)33(13-12-32-10-7-17(8-11-32)25(36)37)23-22(29-19)24(35)31(5)26(38)30-23;1-13-11-17-18(12-16(13)24-15-3-4-15)29(10-9-28-7-5-14(6-8-28)22(31)32)20-19(25-17)21(30)27(2)23(33)26-20;1-12-10-15-17(11-13(12)2)26(19-18(24-15)20(27)23-14(3)22-19)9-8-25-7-5-4-6-16(25)21(28)29/h3-6,15-16,19,30H,7-14H2,1-2H3,(H,37,38);14-15,17,28H,6-13H2,1-5H3,(H,36,37);11-12,14-15,24H,3-10H2,1-2H3,(H,31,32);10-11,16H,3-9H2,1-2H3,(H,23,27)(H,28,29)/t;;;16-/m...1/s1. The van der Waals surface area contributed by atoms with E-state index in [-0.39, 0.29) is 86.9 Å². The minimum atomic E-state index is -0.778. The van der Waals surface area contributed by atoms with E-state index in [4.69, 9.17) is 4.74 Å². The smallest absolute Gasteiger partial charge is 0.352 e. The van der Waals surface area contributed by atoms with Crippen molar-refractivity contribution >= 4 is 104 Å². The van der Waals surface area contributed by atoms with Crippen molar-refractivity contribution < 1.29 is 53.5 Å². The zero-order valence-electron chi connectivity index (χ0n) is 80.7. The van der Waals surface area contributed by atoms with Crippen LogP contribution in [0, 0.1) is 58.2 Å². The molecular formula is C99H120FN23O17. The maximum Gasteiger partial charge on any atom is 0.352 e. The summed E-state index contributed by atoms with van der Waals surface area (Å²) in [6, 6.07) is 22.1. The van der Waals surface area contributed by atoms with Crippen LogP contribution in [0.4, 0.5) is 38.6 Å². The lowest BCUT2D eigenvalue weighted by molar-refractivity contribution is -0.154. The number of nitrogens with zero attached hydrogens (tertiary/aromatic N) is 19. The average molecular weight is 1920 g/mol. The van der Waals surface area contributed by atoms with Crippen LogP contribution < -0.4 is 71.0 Å². The number of esters is 1. The van der Waals surface area contributed by atoms with E-state index in [1.165, 1.54) is 33.3 Å². The summed E-state index contributed by atoms with van der Waals surface area (Å²) in [7, 11) is 4.18. The molecule has 8 N–H and O–H groups in total. The fraction of sp³-hybridized carbons (Fsp3) is 0.475. The fourth-order valence-corrected chi connectivity index (χ4v) is 18.6. The van der Waals surface area contributed by atoms with Crippen LogP contribution in [-0.2, 0) is 75.9 Å². The molecule has 12 heterocycles. The number of aromatic nitrogens is 14. The lowest BCUT2D eigenvalue weighted by atomic mass is 9.97. The van der Waals surface area contributed by atoms with E-state index in [1.807, 2.05) is 127 Å². The second kappa shape index (κ2) is 42.6. The Bertz CT molecular complexity index is 7240. The summed E-state index contributed by atoms with van der Waals surface area (Å²) in [4.78, 5) is 195. The van der Waals surface area contributed by atoms with Gasteiger partial charge in [0.05, 0.1) is 68.6 Å². The molecule has 41 heteroatoms. The zero-order chi connectivity index (χ0) is 100. The number of aliphatic carboxylic acids is 4. The van der Waals surface area contributed by atoms with Crippen LogP contribution in [0.1, 0.15) is 131 Å². The van der Waals surface area contributed by atoms with Crippen LogP contribution in [0.15, 0.2) is 111 Å². The summed E-state index contributed by atoms with van der Waals surface area (Å²) in [6.07, 6.45) is 9.35. The number of carboxylic acid groups (broad SMARTS) is 4. The summed E-state index contributed by atoms with van der Waals surface area (Å²) in [5, 5.41) is 48.0. The van der Waals surface area contributed by atoms with E-state index in [0.717, 1.165) is 119 Å². The Kier molecular flexibility index (Phi) is 30.5. The number of halogens is 1. The number of aromatic amines is 1. The number of nitrogens with one attached hydrogen (secondary N) is 4. The molecule has 4 saturated heterocycles. The molecule has 740 valence electrons. The summed E-state index contributed by atoms with van der Waals surface area (Å²) in [6.45, 7) is 29.3. The van der Waals surface area contributed by atoms with Crippen molar-refractivity contribution in [1.29, 1.82) is 0 Å². The Labute approximate surface area is 803 Å². The number of carboxylic acids is 4. The topological polar surface area (TPSA) is 495 Å². The molecule has 0 bridgehead atoms. The highest BCUT2D eigenvalue weighted by molar-refractivity contribution is 5.88. The largest absolute Gasteiger partial charge is 0.481 e. The first-order valence-electron chi connectivity index (χ1n) is 47.6. The second-order valence-corrected chi connectivity index (χ2v) is 38.2. The molecule has 5 fully saturated rings. The minimum Gasteiger partial charge on any atom is -0.481 e. The molecule has 1 aliphatic carbocycles. The molecule has 140 heavy (non-hydrogen) atoms. The lowest BCUT2D eigenvalue weighted by Crippen LogP contribution is -2.49. The number of hydrogen-bond donors (Lipinski definition) is 8. The van der Waals surface area contributed by atoms with Gasteiger partial charge >= 0.3 is 46.9 Å². The fourth-order valence-electron chi connectivity index (χ4n) is 18.6.